The molecule has 198 valence electrons. The van der Waals surface area contributed by atoms with E-state index in [1.54, 1.807) is 30.3 Å². The average molecular weight is 517 g/mol. The van der Waals surface area contributed by atoms with Crippen LogP contribution in [-0.4, -0.2) is 31.1 Å². The van der Waals surface area contributed by atoms with E-state index in [0.29, 0.717) is 47.4 Å². The van der Waals surface area contributed by atoms with Gasteiger partial charge in [-0.25, -0.2) is 4.39 Å². The molecule has 3 aromatic rings. The summed E-state index contributed by atoms with van der Waals surface area (Å²) < 4.78 is 25.2. The van der Waals surface area contributed by atoms with Crippen molar-refractivity contribution < 1.29 is 23.5 Å². The maximum atomic E-state index is 14.2. The molecule has 1 unspecified atom stereocenters. The standard InChI is InChI=1S/C31H33FN2O4/c1-20(2)21-9-14-26(15-10-21)34(31(36)23-11-16-27-28(19-23)38-18-17-37-27)29(22-7-12-24(32)13-8-22)30(35)33-25-5-3-4-6-25/h7-16,19-20,25,29H,3-6,17-18H2,1-2H3,(H,33,35). The van der Waals surface area contributed by atoms with Crippen LogP contribution in [0.4, 0.5) is 10.1 Å². The number of rotatable bonds is 7. The lowest BCUT2D eigenvalue weighted by Crippen LogP contribution is -2.46. The SMILES string of the molecule is CC(C)c1ccc(N(C(=O)c2ccc3c(c2)OCCO3)C(C(=O)NC2CCCC2)c2ccc(F)cc2)cc1. The van der Waals surface area contributed by atoms with Gasteiger partial charge in [0.1, 0.15) is 25.1 Å². The first-order valence-corrected chi connectivity index (χ1v) is 13.3. The van der Waals surface area contributed by atoms with Gasteiger partial charge in [0.2, 0.25) is 5.91 Å². The molecule has 0 radical (unpaired) electrons. The van der Waals surface area contributed by atoms with Gasteiger partial charge in [-0.05, 0) is 72.4 Å². The second-order valence-electron chi connectivity index (χ2n) is 10.2. The average Bonchev–Trinajstić information content (AvgIpc) is 3.45. The molecule has 0 spiro atoms. The molecule has 1 fully saturated rings. The van der Waals surface area contributed by atoms with Crippen LogP contribution in [0.25, 0.3) is 0 Å². The van der Waals surface area contributed by atoms with Gasteiger partial charge in [0.25, 0.3) is 5.91 Å². The number of nitrogens with one attached hydrogen (secondary N) is 1. The Morgan fingerprint density at radius 1 is 0.868 bits per heavy atom. The van der Waals surface area contributed by atoms with E-state index < -0.39 is 11.9 Å². The number of ether oxygens (including phenoxy) is 2. The number of amides is 2. The first-order chi connectivity index (χ1) is 18.4. The highest BCUT2D eigenvalue weighted by molar-refractivity contribution is 6.10. The van der Waals surface area contributed by atoms with Gasteiger partial charge in [0, 0.05) is 17.3 Å². The van der Waals surface area contributed by atoms with E-state index in [0.717, 1.165) is 31.2 Å². The smallest absolute Gasteiger partial charge is 0.259 e. The number of benzene rings is 3. The molecule has 1 heterocycles. The molecule has 1 aliphatic carbocycles. The van der Waals surface area contributed by atoms with Crippen molar-refractivity contribution in [3.63, 3.8) is 0 Å². The lowest BCUT2D eigenvalue weighted by molar-refractivity contribution is -0.123. The Labute approximate surface area is 222 Å². The van der Waals surface area contributed by atoms with Crippen molar-refractivity contribution in [1.29, 1.82) is 0 Å². The molecule has 0 aromatic heterocycles. The number of hydrogen-bond acceptors (Lipinski definition) is 4. The third kappa shape index (κ3) is 5.52. The molecule has 0 bridgehead atoms. The van der Waals surface area contributed by atoms with Crippen LogP contribution < -0.4 is 19.7 Å². The minimum Gasteiger partial charge on any atom is -0.486 e. The minimum absolute atomic E-state index is 0.0556. The molecule has 0 saturated heterocycles. The molecule has 1 saturated carbocycles. The summed E-state index contributed by atoms with van der Waals surface area (Å²) >= 11 is 0. The van der Waals surface area contributed by atoms with E-state index in [4.69, 9.17) is 9.47 Å². The van der Waals surface area contributed by atoms with Crippen molar-refractivity contribution in [3.8, 4) is 11.5 Å². The highest BCUT2D eigenvalue weighted by atomic mass is 19.1. The highest BCUT2D eigenvalue weighted by Crippen LogP contribution is 2.35. The number of hydrogen-bond donors (Lipinski definition) is 1. The van der Waals surface area contributed by atoms with Crippen LogP contribution >= 0.6 is 0 Å². The van der Waals surface area contributed by atoms with Crippen LogP contribution in [0.15, 0.2) is 66.7 Å². The molecule has 2 amide bonds. The van der Waals surface area contributed by atoms with E-state index in [2.05, 4.69) is 19.2 Å². The minimum atomic E-state index is -0.998. The van der Waals surface area contributed by atoms with Gasteiger partial charge in [-0.15, -0.1) is 0 Å². The molecule has 6 nitrogen and oxygen atoms in total. The van der Waals surface area contributed by atoms with Gasteiger partial charge in [0.15, 0.2) is 11.5 Å². The number of carbonyl (C=O) groups excluding carboxylic acids is 2. The quantitative estimate of drug-likeness (QED) is 0.408. The number of fused-ring (bicyclic) bond motifs is 1. The fraction of sp³-hybridized carbons (Fsp3) is 0.355. The van der Waals surface area contributed by atoms with E-state index in [9.17, 15) is 14.0 Å². The zero-order valence-electron chi connectivity index (χ0n) is 21.8. The lowest BCUT2D eigenvalue weighted by atomic mass is 9.99. The molecule has 3 aromatic carbocycles. The van der Waals surface area contributed by atoms with Crippen LogP contribution in [0, 0.1) is 5.82 Å². The summed E-state index contributed by atoms with van der Waals surface area (Å²) in [6.07, 6.45) is 3.92. The Morgan fingerprint density at radius 3 is 2.16 bits per heavy atom. The van der Waals surface area contributed by atoms with Crippen molar-refractivity contribution in [2.45, 2.75) is 57.5 Å². The third-order valence-electron chi connectivity index (χ3n) is 7.24. The second kappa shape index (κ2) is 11.3. The van der Waals surface area contributed by atoms with Gasteiger partial charge < -0.3 is 14.8 Å². The Bertz CT molecular complexity index is 1280. The fourth-order valence-corrected chi connectivity index (χ4v) is 5.13. The topological polar surface area (TPSA) is 67.9 Å². The number of anilines is 1. The molecular formula is C31H33FN2O4. The third-order valence-corrected chi connectivity index (χ3v) is 7.24. The van der Waals surface area contributed by atoms with E-state index in [-0.39, 0.29) is 17.9 Å². The summed E-state index contributed by atoms with van der Waals surface area (Å²) in [6, 6.07) is 17.6. The first kappa shape index (κ1) is 25.8. The van der Waals surface area contributed by atoms with E-state index in [1.807, 2.05) is 24.3 Å². The van der Waals surface area contributed by atoms with Crippen molar-refractivity contribution in [2.75, 3.05) is 18.1 Å². The summed E-state index contributed by atoms with van der Waals surface area (Å²) in [5.74, 6) is 0.317. The molecule has 1 atom stereocenters. The largest absolute Gasteiger partial charge is 0.486 e. The van der Waals surface area contributed by atoms with Gasteiger partial charge >= 0.3 is 0 Å². The van der Waals surface area contributed by atoms with Crippen molar-refractivity contribution in [3.05, 3.63) is 89.2 Å². The summed E-state index contributed by atoms with van der Waals surface area (Å²) in [5, 5.41) is 3.16. The molecule has 7 heteroatoms. The maximum absolute atomic E-state index is 14.2. The van der Waals surface area contributed by atoms with Gasteiger partial charge in [-0.3, -0.25) is 14.5 Å². The number of halogens is 1. The van der Waals surface area contributed by atoms with Crippen LogP contribution in [-0.2, 0) is 4.79 Å². The van der Waals surface area contributed by atoms with Gasteiger partial charge in [-0.2, -0.15) is 0 Å². The first-order valence-electron chi connectivity index (χ1n) is 13.3. The molecule has 1 aliphatic heterocycles. The lowest BCUT2D eigenvalue weighted by Gasteiger charge is -2.33. The summed E-state index contributed by atoms with van der Waals surface area (Å²) in [5.41, 5.74) is 2.59. The Hall–Kier alpha value is -3.87. The van der Waals surface area contributed by atoms with Crippen LogP contribution in [0.1, 0.15) is 73.0 Å². The van der Waals surface area contributed by atoms with Crippen LogP contribution in [0.2, 0.25) is 0 Å². The predicted octanol–water partition coefficient (Wildman–Crippen LogP) is 6.17. The molecule has 5 rings (SSSR count). The monoisotopic (exact) mass is 516 g/mol. The zero-order chi connectivity index (χ0) is 26.6. The Morgan fingerprint density at radius 2 is 1.50 bits per heavy atom. The summed E-state index contributed by atoms with van der Waals surface area (Å²) in [4.78, 5) is 29.7. The van der Waals surface area contributed by atoms with Gasteiger partial charge in [-0.1, -0.05) is 51.0 Å². The van der Waals surface area contributed by atoms with Crippen LogP contribution in [0.5, 0.6) is 11.5 Å². The predicted molar refractivity (Wildman–Crippen MR) is 144 cm³/mol. The normalized spacial score (nSPS) is 15.8. The number of carbonyl (C=O) groups is 2. The molecule has 2 aliphatic rings. The van der Waals surface area contributed by atoms with Crippen molar-refractivity contribution in [1.82, 2.24) is 5.32 Å². The fourth-order valence-electron chi connectivity index (χ4n) is 5.13. The van der Waals surface area contributed by atoms with Gasteiger partial charge in [0.05, 0.1) is 0 Å². The molecular weight excluding hydrogens is 483 g/mol. The summed E-state index contributed by atoms with van der Waals surface area (Å²) in [7, 11) is 0. The van der Waals surface area contributed by atoms with Crippen molar-refractivity contribution in [2.24, 2.45) is 0 Å². The molecule has 38 heavy (non-hydrogen) atoms. The second-order valence-corrected chi connectivity index (χ2v) is 10.2. The molecule has 1 N–H and O–H groups in total. The maximum Gasteiger partial charge on any atom is 0.259 e. The van der Waals surface area contributed by atoms with Crippen molar-refractivity contribution >= 4 is 17.5 Å². The summed E-state index contributed by atoms with van der Waals surface area (Å²) in [6.45, 7) is 5.04. The van der Waals surface area contributed by atoms with E-state index >= 15 is 0 Å². The van der Waals surface area contributed by atoms with E-state index in [1.165, 1.54) is 17.0 Å². The Kier molecular flexibility index (Phi) is 7.63. The Balaban J connectivity index is 1.60. The highest BCUT2D eigenvalue weighted by Gasteiger charge is 2.35. The number of nitrogens with zero attached hydrogens (tertiary/aromatic N) is 1. The zero-order valence-corrected chi connectivity index (χ0v) is 21.8. The van der Waals surface area contributed by atoms with Crippen LogP contribution in [0.3, 0.4) is 0 Å².